The summed E-state index contributed by atoms with van der Waals surface area (Å²) in [6.45, 7) is 5.70. The topological polar surface area (TPSA) is 55.1 Å². The molecule has 0 aliphatic carbocycles. The molecule has 1 rings (SSSR count). The summed E-state index contributed by atoms with van der Waals surface area (Å²) in [5, 5.41) is 12.7. The zero-order valence-electron chi connectivity index (χ0n) is 8.16. The van der Waals surface area contributed by atoms with Crippen LogP contribution in [0.5, 0.6) is 0 Å². The summed E-state index contributed by atoms with van der Waals surface area (Å²) < 4.78 is 1.04. The van der Waals surface area contributed by atoms with E-state index in [1.165, 1.54) is 0 Å². The van der Waals surface area contributed by atoms with Gasteiger partial charge in [-0.3, -0.25) is 0 Å². The van der Waals surface area contributed by atoms with Gasteiger partial charge in [0, 0.05) is 0 Å². The molecular formula is C9H14N2O2. The van der Waals surface area contributed by atoms with Crippen LogP contribution in [0.4, 0.5) is 4.79 Å². The molecule has 0 aliphatic rings. The predicted octanol–water partition coefficient (Wildman–Crippen LogP) is 1.98. The molecule has 0 radical (unpaired) electrons. The van der Waals surface area contributed by atoms with Gasteiger partial charge in [0.25, 0.3) is 0 Å². The highest BCUT2D eigenvalue weighted by Gasteiger charge is 2.14. The molecule has 72 valence electrons. The van der Waals surface area contributed by atoms with Crippen molar-refractivity contribution < 1.29 is 9.90 Å². The van der Waals surface area contributed by atoms with Crippen LogP contribution < -0.4 is 0 Å². The van der Waals surface area contributed by atoms with E-state index in [-0.39, 0.29) is 0 Å². The van der Waals surface area contributed by atoms with Crippen LogP contribution in [-0.4, -0.2) is 21.0 Å². The Balaban J connectivity index is 3.14. The molecule has 0 aromatic carbocycles. The first-order valence-electron chi connectivity index (χ1n) is 4.36. The number of aryl methyl sites for hydroxylation is 1. The molecule has 4 heteroatoms. The van der Waals surface area contributed by atoms with Crippen LogP contribution in [0.3, 0.4) is 0 Å². The number of carboxylic acid groups (broad SMARTS) is 1. The molecule has 0 saturated carbocycles. The van der Waals surface area contributed by atoms with Crippen molar-refractivity contribution in [3.05, 3.63) is 17.0 Å². The van der Waals surface area contributed by atoms with Gasteiger partial charge in [0.15, 0.2) is 0 Å². The van der Waals surface area contributed by atoms with E-state index >= 15 is 0 Å². The second-order valence-corrected chi connectivity index (χ2v) is 3.09. The van der Waals surface area contributed by atoms with Crippen molar-refractivity contribution >= 4 is 6.09 Å². The molecule has 0 spiro atoms. The quantitative estimate of drug-likeness (QED) is 0.760. The minimum atomic E-state index is -1.01. The fraction of sp³-hybridized carbons (Fsp3) is 0.556. The van der Waals surface area contributed by atoms with E-state index in [9.17, 15) is 4.79 Å². The molecule has 0 amide bonds. The zero-order valence-corrected chi connectivity index (χ0v) is 8.16. The first-order chi connectivity index (χ1) is 6.07. The Bertz CT molecular complexity index is 329. The maximum absolute atomic E-state index is 10.7. The normalized spacial score (nSPS) is 10.4. The Hall–Kier alpha value is -1.32. The second-order valence-electron chi connectivity index (χ2n) is 3.09. The summed E-state index contributed by atoms with van der Waals surface area (Å²) in [5.74, 6) is 0. The van der Waals surface area contributed by atoms with Crippen molar-refractivity contribution in [1.82, 2.24) is 9.78 Å². The lowest BCUT2D eigenvalue weighted by Crippen LogP contribution is -2.11. The van der Waals surface area contributed by atoms with Gasteiger partial charge in [0.2, 0.25) is 0 Å². The first kappa shape index (κ1) is 9.77. The van der Waals surface area contributed by atoms with Gasteiger partial charge >= 0.3 is 6.09 Å². The summed E-state index contributed by atoms with van der Waals surface area (Å²) in [6, 6.07) is 0. The monoisotopic (exact) mass is 182 g/mol. The lowest BCUT2D eigenvalue weighted by atomic mass is 10.1. The fourth-order valence-corrected chi connectivity index (χ4v) is 1.47. The summed E-state index contributed by atoms with van der Waals surface area (Å²) >= 11 is 0. The van der Waals surface area contributed by atoms with E-state index in [0.717, 1.165) is 34.5 Å². The van der Waals surface area contributed by atoms with Gasteiger partial charge in [0.05, 0.1) is 11.4 Å². The molecule has 1 aromatic heterocycles. The Morgan fingerprint density at radius 2 is 2.15 bits per heavy atom. The highest BCUT2D eigenvalue weighted by Crippen LogP contribution is 2.14. The van der Waals surface area contributed by atoms with Crippen LogP contribution in [-0.2, 0) is 6.42 Å². The second kappa shape index (κ2) is 3.60. The molecule has 1 heterocycles. The SMILES string of the molecule is CCCc1c(C)nn(C(=O)O)c1C. The van der Waals surface area contributed by atoms with Crippen LogP contribution in [0.25, 0.3) is 0 Å². The molecule has 0 aliphatic heterocycles. The van der Waals surface area contributed by atoms with Crippen LogP contribution in [0.15, 0.2) is 0 Å². The third-order valence-electron chi connectivity index (χ3n) is 2.12. The van der Waals surface area contributed by atoms with Crippen molar-refractivity contribution in [1.29, 1.82) is 0 Å². The van der Waals surface area contributed by atoms with Crippen molar-refractivity contribution in [2.45, 2.75) is 33.6 Å². The number of hydrogen-bond acceptors (Lipinski definition) is 2. The number of hydrogen-bond donors (Lipinski definition) is 1. The third kappa shape index (κ3) is 1.71. The molecule has 0 atom stereocenters. The van der Waals surface area contributed by atoms with Crippen molar-refractivity contribution in [2.24, 2.45) is 0 Å². The van der Waals surface area contributed by atoms with Crippen molar-refractivity contribution in [2.75, 3.05) is 0 Å². The maximum atomic E-state index is 10.7. The minimum absolute atomic E-state index is 0.742. The molecule has 0 unspecified atom stereocenters. The Morgan fingerprint density at radius 1 is 1.54 bits per heavy atom. The van der Waals surface area contributed by atoms with Crippen molar-refractivity contribution in [3.8, 4) is 0 Å². The summed E-state index contributed by atoms with van der Waals surface area (Å²) in [6.07, 6.45) is 0.890. The van der Waals surface area contributed by atoms with Gasteiger partial charge in [-0.05, 0) is 25.8 Å². The average molecular weight is 182 g/mol. The number of nitrogens with zero attached hydrogens (tertiary/aromatic N) is 2. The summed E-state index contributed by atoms with van der Waals surface area (Å²) in [4.78, 5) is 10.7. The van der Waals surface area contributed by atoms with E-state index in [2.05, 4.69) is 12.0 Å². The molecule has 0 saturated heterocycles. The Morgan fingerprint density at radius 3 is 2.54 bits per heavy atom. The molecular weight excluding hydrogens is 168 g/mol. The van der Waals surface area contributed by atoms with Crippen LogP contribution in [0.1, 0.15) is 30.3 Å². The van der Waals surface area contributed by atoms with E-state index in [1.54, 1.807) is 6.92 Å². The van der Waals surface area contributed by atoms with E-state index in [0.29, 0.717) is 0 Å². The van der Waals surface area contributed by atoms with Gasteiger partial charge in [-0.25, -0.2) is 4.79 Å². The summed E-state index contributed by atoms with van der Waals surface area (Å²) in [5.41, 5.74) is 2.62. The zero-order chi connectivity index (χ0) is 10.0. The molecule has 13 heavy (non-hydrogen) atoms. The lowest BCUT2D eigenvalue weighted by molar-refractivity contribution is 0.192. The lowest BCUT2D eigenvalue weighted by Gasteiger charge is -1.98. The standard InChI is InChI=1S/C9H14N2O2/c1-4-5-8-6(2)10-11(7(8)3)9(12)13/h4-5H2,1-3H3,(H,12,13). The van der Waals surface area contributed by atoms with Gasteiger partial charge in [-0.15, -0.1) is 0 Å². The third-order valence-corrected chi connectivity index (χ3v) is 2.12. The Labute approximate surface area is 77.2 Å². The van der Waals surface area contributed by atoms with Gasteiger partial charge < -0.3 is 5.11 Å². The van der Waals surface area contributed by atoms with Crippen LogP contribution in [0, 0.1) is 13.8 Å². The molecule has 1 N–H and O–H groups in total. The molecule has 4 nitrogen and oxygen atoms in total. The number of rotatable bonds is 2. The van der Waals surface area contributed by atoms with E-state index in [4.69, 9.17) is 5.11 Å². The highest BCUT2D eigenvalue weighted by atomic mass is 16.4. The number of aromatic nitrogens is 2. The van der Waals surface area contributed by atoms with Crippen LogP contribution >= 0.6 is 0 Å². The first-order valence-corrected chi connectivity index (χ1v) is 4.36. The maximum Gasteiger partial charge on any atom is 0.432 e. The minimum Gasteiger partial charge on any atom is -0.463 e. The largest absolute Gasteiger partial charge is 0.463 e. The van der Waals surface area contributed by atoms with Crippen LogP contribution in [0.2, 0.25) is 0 Å². The Kier molecular flexibility index (Phi) is 2.70. The van der Waals surface area contributed by atoms with E-state index in [1.807, 2.05) is 6.92 Å². The molecule has 1 aromatic rings. The van der Waals surface area contributed by atoms with Gasteiger partial charge in [-0.2, -0.15) is 9.78 Å². The summed E-state index contributed by atoms with van der Waals surface area (Å²) in [7, 11) is 0. The smallest absolute Gasteiger partial charge is 0.432 e. The van der Waals surface area contributed by atoms with E-state index < -0.39 is 6.09 Å². The van der Waals surface area contributed by atoms with Crippen molar-refractivity contribution in [3.63, 3.8) is 0 Å². The highest BCUT2D eigenvalue weighted by molar-refractivity contribution is 5.68. The fourth-order valence-electron chi connectivity index (χ4n) is 1.47. The average Bonchev–Trinajstić information content (AvgIpc) is 2.32. The van der Waals surface area contributed by atoms with Gasteiger partial charge in [-0.1, -0.05) is 13.3 Å². The number of carbonyl (C=O) groups is 1. The molecule has 0 fully saturated rings. The molecule has 0 bridgehead atoms. The van der Waals surface area contributed by atoms with Gasteiger partial charge in [0.1, 0.15) is 0 Å². The predicted molar refractivity (Wildman–Crippen MR) is 49.1 cm³/mol.